The molecule has 0 heterocycles. The Balaban J connectivity index is 4.18. The lowest BCUT2D eigenvalue weighted by atomic mass is 10.0. The molecule has 3 unspecified atom stereocenters. The molecule has 0 fully saturated rings. The zero-order chi connectivity index (χ0) is 49.9. The van der Waals surface area contributed by atoms with Gasteiger partial charge in [-0.15, -0.1) is 0 Å². The maximum atomic E-state index is 12.7. The number of carbonyl (C=O) groups is 3. The molecule has 0 aliphatic rings. The summed E-state index contributed by atoms with van der Waals surface area (Å²) in [5.74, 6) is -2.38. The van der Waals surface area contributed by atoms with Gasteiger partial charge in [-0.05, 0) is 51.4 Å². The van der Waals surface area contributed by atoms with Gasteiger partial charge in [0.15, 0.2) is 6.10 Å². The molecule has 0 radical (unpaired) electrons. The first kappa shape index (κ1) is 65.4. The summed E-state index contributed by atoms with van der Waals surface area (Å²) in [6.45, 7) is 2.73. The van der Waals surface area contributed by atoms with Crippen LogP contribution in [0.15, 0.2) is 48.6 Å². The van der Waals surface area contributed by atoms with E-state index in [-0.39, 0.29) is 19.4 Å². The number of phosphoric acid groups is 1. The highest BCUT2D eigenvalue weighted by atomic mass is 31.2. The topological polar surface area (TPSA) is 172 Å². The molecule has 0 saturated heterocycles. The van der Waals surface area contributed by atoms with Gasteiger partial charge in [-0.1, -0.05) is 242 Å². The van der Waals surface area contributed by atoms with Crippen LogP contribution in [0, 0.1) is 0 Å². The summed E-state index contributed by atoms with van der Waals surface area (Å²) in [6.07, 6.45) is 60.3. The number of hydrogen-bond acceptors (Lipinski definition) is 9. The van der Waals surface area contributed by atoms with Crippen molar-refractivity contribution in [1.82, 2.24) is 0 Å². The van der Waals surface area contributed by atoms with Crippen molar-refractivity contribution in [2.75, 3.05) is 19.8 Å². The van der Waals surface area contributed by atoms with Crippen molar-refractivity contribution in [3.63, 3.8) is 0 Å². The van der Waals surface area contributed by atoms with Crippen LogP contribution in [0.25, 0.3) is 0 Å². The Labute approximate surface area is 415 Å². The van der Waals surface area contributed by atoms with Gasteiger partial charge in [0.05, 0.1) is 13.2 Å². The Kier molecular flexibility index (Phi) is 48.9. The second kappa shape index (κ2) is 50.8. The molecule has 12 heteroatoms. The molecule has 4 N–H and O–H groups in total. The largest absolute Gasteiger partial charge is 0.480 e. The molecule has 11 nitrogen and oxygen atoms in total. The van der Waals surface area contributed by atoms with E-state index >= 15 is 0 Å². The normalized spacial score (nSPS) is 13.8. The van der Waals surface area contributed by atoms with Crippen molar-refractivity contribution in [1.29, 1.82) is 0 Å². The van der Waals surface area contributed by atoms with E-state index in [2.05, 4.69) is 62.5 Å². The van der Waals surface area contributed by atoms with Gasteiger partial charge in [0.2, 0.25) is 0 Å². The molecule has 0 aromatic rings. The lowest BCUT2D eigenvalue weighted by molar-refractivity contribution is -0.161. The Hall–Kier alpha value is -2.56. The van der Waals surface area contributed by atoms with E-state index in [4.69, 9.17) is 29.4 Å². The van der Waals surface area contributed by atoms with Crippen LogP contribution < -0.4 is 5.73 Å². The zero-order valence-corrected chi connectivity index (χ0v) is 44.3. The summed E-state index contributed by atoms with van der Waals surface area (Å²) >= 11 is 0. The number of carbonyl (C=O) groups excluding carboxylic acids is 2. The standard InChI is InChI=1S/C56H102NO10P/c1-3-5-7-9-11-13-15-17-19-21-23-25-26-28-29-31-33-35-37-39-41-43-45-47-54(58)64-49-52(50-65-68(62,63)66-51-53(57)56(60)61)67-55(59)48-46-44-42-40-38-36-34-32-30-27-24-22-20-18-16-14-12-10-8-6-4-2/h6,8,12,14,18,20,24,27,52-53H,3-5,7,9-11,13,15-17,19,21-23,25-26,28-51,57H2,1-2H3,(H,60,61)(H,62,63)/b8-6-,14-12-,20-18-,27-24-. The second-order valence-electron chi connectivity index (χ2n) is 18.7. The van der Waals surface area contributed by atoms with Crippen LogP contribution in [0.3, 0.4) is 0 Å². The highest BCUT2D eigenvalue weighted by Crippen LogP contribution is 2.43. The van der Waals surface area contributed by atoms with Crippen LogP contribution in [-0.2, 0) is 37.5 Å². The molecule has 0 saturated carbocycles. The SMILES string of the molecule is CC/C=C\C/C=C\C/C=C\C/C=C\CCCCCCCCCCC(=O)OC(COC(=O)CCCCCCCCCCCCCCCCCCCCCCCCC)COP(=O)(O)OCC(N)C(=O)O. The maximum absolute atomic E-state index is 12.7. The van der Waals surface area contributed by atoms with E-state index in [0.29, 0.717) is 12.8 Å². The Bertz CT molecular complexity index is 1330. The molecule has 0 rings (SSSR count). The molecule has 0 aliphatic carbocycles. The highest BCUT2D eigenvalue weighted by molar-refractivity contribution is 7.47. The number of carboxylic acid groups (broad SMARTS) is 1. The van der Waals surface area contributed by atoms with Gasteiger partial charge in [-0.3, -0.25) is 23.4 Å². The first-order chi connectivity index (χ1) is 33.1. The van der Waals surface area contributed by atoms with E-state index in [9.17, 15) is 23.8 Å². The van der Waals surface area contributed by atoms with Crippen LogP contribution in [-0.4, -0.2) is 59.9 Å². The first-order valence-electron chi connectivity index (χ1n) is 27.7. The molecule has 0 spiro atoms. The number of unbranched alkanes of at least 4 members (excludes halogenated alkanes) is 30. The number of rotatable bonds is 52. The average Bonchev–Trinajstić information content (AvgIpc) is 3.32. The van der Waals surface area contributed by atoms with Gasteiger partial charge in [0.25, 0.3) is 0 Å². The molecule has 3 atom stereocenters. The van der Waals surface area contributed by atoms with E-state index in [1.165, 1.54) is 141 Å². The number of ether oxygens (including phenoxy) is 2. The number of allylic oxidation sites excluding steroid dienone is 8. The fourth-order valence-electron chi connectivity index (χ4n) is 7.82. The van der Waals surface area contributed by atoms with E-state index in [1.54, 1.807) is 0 Å². The number of carboxylic acids is 1. The minimum absolute atomic E-state index is 0.152. The van der Waals surface area contributed by atoms with Crippen molar-refractivity contribution in [2.45, 2.75) is 270 Å². The Morgan fingerprint density at radius 1 is 0.471 bits per heavy atom. The zero-order valence-electron chi connectivity index (χ0n) is 43.4. The monoisotopic (exact) mass is 980 g/mol. The molecular formula is C56H102NO10P. The van der Waals surface area contributed by atoms with Crippen LogP contribution >= 0.6 is 7.82 Å². The third-order valence-electron chi connectivity index (χ3n) is 12.1. The van der Waals surface area contributed by atoms with Gasteiger partial charge in [-0.2, -0.15) is 0 Å². The summed E-state index contributed by atoms with van der Waals surface area (Å²) in [5.41, 5.74) is 5.36. The molecule has 0 aliphatic heterocycles. The smallest absolute Gasteiger partial charge is 0.472 e. The van der Waals surface area contributed by atoms with E-state index in [1.807, 2.05) is 0 Å². The fourth-order valence-corrected chi connectivity index (χ4v) is 8.60. The fraction of sp³-hybridized carbons (Fsp3) is 0.804. The predicted molar refractivity (Wildman–Crippen MR) is 282 cm³/mol. The number of phosphoric ester groups is 1. The molecule has 0 bridgehead atoms. The van der Waals surface area contributed by atoms with Gasteiger partial charge in [0, 0.05) is 12.8 Å². The minimum atomic E-state index is -4.73. The molecule has 68 heavy (non-hydrogen) atoms. The molecular weight excluding hydrogens is 878 g/mol. The van der Waals surface area contributed by atoms with Crippen LogP contribution in [0.2, 0.25) is 0 Å². The lowest BCUT2D eigenvalue weighted by Crippen LogP contribution is -2.34. The first-order valence-corrected chi connectivity index (χ1v) is 29.2. The molecule has 0 aromatic carbocycles. The maximum Gasteiger partial charge on any atom is 0.472 e. The number of aliphatic carboxylic acids is 1. The van der Waals surface area contributed by atoms with Crippen molar-refractivity contribution < 1.29 is 47.5 Å². The molecule has 0 aromatic heterocycles. The molecule has 396 valence electrons. The second-order valence-corrected chi connectivity index (χ2v) is 20.1. The minimum Gasteiger partial charge on any atom is -0.480 e. The third-order valence-corrected chi connectivity index (χ3v) is 13.0. The number of nitrogens with two attached hydrogens (primary N) is 1. The van der Waals surface area contributed by atoms with Gasteiger partial charge >= 0.3 is 25.7 Å². The summed E-state index contributed by atoms with van der Waals surface area (Å²) in [4.78, 5) is 46.3. The van der Waals surface area contributed by atoms with E-state index in [0.717, 1.165) is 77.0 Å². The number of esters is 2. The predicted octanol–water partition coefficient (Wildman–Crippen LogP) is 16.1. The quantitative estimate of drug-likeness (QED) is 0.0229. The van der Waals surface area contributed by atoms with E-state index < -0.39 is 51.1 Å². The summed E-state index contributed by atoms with van der Waals surface area (Å²) in [5, 5.41) is 8.94. The van der Waals surface area contributed by atoms with Crippen molar-refractivity contribution >= 4 is 25.7 Å². The lowest BCUT2D eigenvalue weighted by Gasteiger charge is -2.20. The Morgan fingerprint density at radius 2 is 0.824 bits per heavy atom. The summed E-state index contributed by atoms with van der Waals surface area (Å²) in [7, 11) is -4.73. The van der Waals surface area contributed by atoms with Gasteiger partial charge in [0.1, 0.15) is 12.6 Å². The Morgan fingerprint density at radius 3 is 1.24 bits per heavy atom. The number of hydrogen-bond donors (Lipinski definition) is 3. The van der Waals surface area contributed by atoms with Gasteiger partial charge < -0.3 is 25.2 Å². The molecule has 0 amide bonds. The third kappa shape index (κ3) is 49.8. The highest BCUT2D eigenvalue weighted by Gasteiger charge is 2.28. The van der Waals surface area contributed by atoms with Crippen molar-refractivity contribution in [3.05, 3.63) is 48.6 Å². The summed E-state index contributed by atoms with van der Waals surface area (Å²) in [6, 6.07) is -1.52. The van der Waals surface area contributed by atoms with Crippen molar-refractivity contribution in [3.8, 4) is 0 Å². The van der Waals surface area contributed by atoms with Gasteiger partial charge in [-0.25, -0.2) is 4.57 Å². The summed E-state index contributed by atoms with van der Waals surface area (Å²) < 4.78 is 32.9. The van der Waals surface area contributed by atoms with Crippen molar-refractivity contribution in [2.24, 2.45) is 5.73 Å². The average molecular weight is 980 g/mol. The van der Waals surface area contributed by atoms with Crippen LogP contribution in [0.4, 0.5) is 0 Å². The van der Waals surface area contributed by atoms with Crippen LogP contribution in [0.1, 0.15) is 258 Å². The van der Waals surface area contributed by atoms with Crippen LogP contribution in [0.5, 0.6) is 0 Å².